The third-order valence-corrected chi connectivity index (χ3v) is 9.38. The molecule has 0 saturated heterocycles. The van der Waals surface area contributed by atoms with Crippen molar-refractivity contribution in [2.24, 2.45) is 0 Å². The molecule has 0 N–H and O–H groups in total. The summed E-state index contributed by atoms with van der Waals surface area (Å²) in [5.74, 6) is 0. The normalized spacial score (nSPS) is 12.5. The lowest BCUT2D eigenvalue weighted by molar-refractivity contribution is 0.524. The first-order chi connectivity index (χ1) is 9.86. The van der Waals surface area contributed by atoms with Crippen LogP contribution in [0.1, 0.15) is 0 Å². The van der Waals surface area contributed by atoms with Gasteiger partial charge in [-0.15, -0.1) is 0 Å². The van der Waals surface area contributed by atoms with Crippen LogP contribution in [0.2, 0.25) is 0 Å². The van der Waals surface area contributed by atoms with E-state index in [4.69, 9.17) is 0 Å². The van der Waals surface area contributed by atoms with Gasteiger partial charge in [-0.2, -0.15) is 0 Å². The van der Waals surface area contributed by atoms with E-state index in [1.807, 2.05) is 12.1 Å². The minimum absolute atomic E-state index is 0.402. The first-order valence-corrected chi connectivity index (χ1v) is 9.97. The van der Waals surface area contributed by atoms with E-state index in [9.17, 15) is 13.0 Å². The van der Waals surface area contributed by atoms with E-state index in [1.165, 1.54) is 14.1 Å². The van der Waals surface area contributed by atoms with Crippen LogP contribution in [0.3, 0.4) is 0 Å². The molecule has 0 bridgehead atoms. The predicted octanol–water partition coefficient (Wildman–Crippen LogP) is 1.85. The molecule has 0 aliphatic rings. The molecule has 0 unspecified atom stereocenters. The molecule has 4 nitrogen and oxygen atoms in total. The SMILES string of the molecule is CN(C)S(=O)(=O)CP(=O)(c1ccccc1)c1ccccc1. The van der Waals surface area contributed by atoms with Crippen LogP contribution in [-0.4, -0.2) is 32.3 Å². The molecule has 0 radical (unpaired) electrons. The smallest absolute Gasteiger partial charge is 0.221 e. The highest BCUT2D eigenvalue weighted by Crippen LogP contribution is 2.44. The van der Waals surface area contributed by atoms with Crippen LogP contribution in [0.15, 0.2) is 60.7 Å². The van der Waals surface area contributed by atoms with Crippen LogP contribution in [0.4, 0.5) is 0 Å². The summed E-state index contributed by atoms with van der Waals surface area (Å²) in [6.07, 6.45) is 0. The van der Waals surface area contributed by atoms with Crippen LogP contribution in [0, 0.1) is 0 Å². The lowest BCUT2D eigenvalue weighted by Crippen LogP contribution is -2.30. The molecule has 0 saturated carbocycles. The Labute approximate surface area is 125 Å². The highest BCUT2D eigenvalue weighted by molar-refractivity contribution is 8.00. The zero-order chi connectivity index (χ0) is 15.5. The molecule has 0 atom stereocenters. The van der Waals surface area contributed by atoms with Gasteiger partial charge in [0, 0.05) is 24.7 Å². The van der Waals surface area contributed by atoms with E-state index in [1.54, 1.807) is 48.5 Å². The van der Waals surface area contributed by atoms with Crippen molar-refractivity contribution >= 4 is 27.8 Å². The van der Waals surface area contributed by atoms with Gasteiger partial charge >= 0.3 is 0 Å². The van der Waals surface area contributed by atoms with E-state index < -0.39 is 22.7 Å². The van der Waals surface area contributed by atoms with Crippen molar-refractivity contribution in [2.45, 2.75) is 0 Å². The maximum Gasteiger partial charge on any atom is 0.221 e. The monoisotopic (exact) mass is 323 g/mol. The Balaban J connectivity index is 2.59. The summed E-state index contributed by atoms with van der Waals surface area (Å²) >= 11 is 0. The fourth-order valence-electron chi connectivity index (χ4n) is 1.98. The summed E-state index contributed by atoms with van der Waals surface area (Å²) in [4.78, 5) is 0. The molecule has 0 aromatic heterocycles. The summed E-state index contributed by atoms with van der Waals surface area (Å²) in [6, 6.07) is 17.6. The molecule has 6 heteroatoms. The van der Waals surface area contributed by atoms with E-state index in [0.29, 0.717) is 10.6 Å². The minimum atomic E-state index is -3.58. The van der Waals surface area contributed by atoms with Gasteiger partial charge in [-0.1, -0.05) is 60.7 Å². The summed E-state index contributed by atoms with van der Waals surface area (Å²) in [5.41, 5.74) is -0.402. The van der Waals surface area contributed by atoms with Crippen molar-refractivity contribution < 1.29 is 13.0 Å². The third kappa shape index (κ3) is 3.43. The molecule has 112 valence electrons. The molecule has 2 aromatic rings. The van der Waals surface area contributed by atoms with Crippen LogP contribution < -0.4 is 10.6 Å². The molecular formula is C15H18NO3PS. The molecule has 0 spiro atoms. The quantitative estimate of drug-likeness (QED) is 0.789. The Bertz CT molecular complexity index is 700. The van der Waals surface area contributed by atoms with Crippen molar-refractivity contribution in [1.82, 2.24) is 4.31 Å². The molecule has 21 heavy (non-hydrogen) atoms. The van der Waals surface area contributed by atoms with Crippen LogP contribution >= 0.6 is 7.14 Å². The Morgan fingerprint density at radius 2 is 1.24 bits per heavy atom. The van der Waals surface area contributed by atoms with Gasteiger partial charge in [-0.05, 0) is 0 Å². The first kappa shape index (κ1) is 16.0. The number of rotatable bonds is 5. The van der Waals surface area contributed by atoms with E-state index >= 15 is 0 Å². The molecule has 0 aliphatic heterocycles. The van der Waals surface area contributed by atoms with Crippen molar-refractivity contribution in [3.8, 4) is 0 Å². The second-order valence-electron chi connectivity index (χ2n) is 4.93. The van der Waals surface area contributed by atoms with Crippen LogP contribution in [0.25, 0.3) is 0 Å². The average molecular weight is 323 g/mol. The number of hydrogen-bond donors (Lipinski definition) is 0. The fraction of sp³-hybridized carbons (Fsp3) is 0.200. The zero-order valence-electron chi connectivity index (χ0n) is 12.0. The molecule has 2 rings (SSSR count). The van der Waals surface area contributed by atoms with Crippen molar-refractivity contribution in [1.29, 1.82) is 0 Å². The summed E-state index contributed by atoms with van der Waals surface area (Å²) in [5, 5.41) is 1.11. The topological polar surface area (TPSA) is 54.5 Å². The van der Waals surface area contributed by atoms with Crippen molar-refractivity contribution in [3.05, 3.63) is 60.7 Å². The standard InChI is InChI=1S/C15H18NO3PS/c1-16(2)21(18,19)13-20(17,14-9-5-3-6-10-14)15-11-7-4-8-12-15/h3-12H,13H2,1-2H3. The average Bonchev–Trinajstić information content (AvgIpc) is 2.48. The predicted molar refractivity (Wildman–Crippen MR) is 87.2 cm³/mol. The lowest BCUT2D eigenvalue weighted by Gasteiger charge is -2.21. The Morgan fingerprint density at radius 3 is 1.57 bits per heavy atom. The van der Waals surface area contributed by atoms with Gasteiger partial charge < -0.3 is 4.57 Å². The second kappa shape index (κ2) is 6.14. The highest BCUT2D eigenvalue weighted by Gasteiger charge is 2.34. The maximum absolute atomic E-state index is 13.5. The first-order valence-electron chi connectivity index (χ1n) is 6.47. The van der Waals surface area contributed by atoms with Gasteiger partial charge in [0.1, 0.15) is 5.49 Å². The van der Waals surface area contributed by atoms with Gasteiger partial charge in [0.2, 0.25) is 10.0 Å². The van der Waals surface area contributed by atoms with Crippen LogP contribution in [-0.2, 0) is 14.6 Å². The summed E-state index contributed by atoms with van der Waals surface area (Å²) < 4.78 is 39.1. The minimum Gasteiger partial charge on any atom is -0.313 e. The Kier molecular flexibility index (Phi) is 4.67. The van der Waals surface area contributed by atoms with Crippen molar-refractivity contribution in [3.63, 3.8) is 0 Å². The summed E-state index contributed by atoms with van der Waals surface area (Å²) in [7, 11) is -3.90. The lowest BCUT2D eigenvalue weighted by atomic mass is 10.4. The van der Waals surface area contributed by atoms with Crippen molar-refractivity contribution in [2.75, 3.05) is 19.6 Å². The van der Waals surface area contributed by atoms with Gasteiger partial charge in [0.15, 0.2) is 7.14 Å². The van der Waals surface area contributed by atoms with Gasteiger partial charge in [-0.3, -0.25) is 0 Å². The van der Waals surface area contributed by atoms with Gasteiger partial charge in [0.25, 0.3) is 0 Å². The maximum atomic E-state index is 13.5. The second-order valence-corrected chi connectivity index (χ2v) is 10.4. The number of benzene rings is 2. The molecular weight excluding hydrogens is 305 g/mol. The molecule has 0 heterocycles. The molecule has 0 fully saturated rings. The molecule has 0 amide bonds. The molecule has 0 aliphatic carbocycles. The van der Waals surface area contributed by atoms with Gasteiger partial charge in [-0.25, -0.2) is 12.7 Å². The zero-order valence-corrected chi connectivity index (χ0v) is 13.7. The third-order valence-electron chi connectivity index (χ3n) is 3.25. The largest absolute Gasteiger partial charge is 0.313 e. The number of hydrogen-bond acceptors (Lipinski definition) is 3. The van der Waals surface area contributed by atoms with Gasteiger partial charge in [0.05, 0.1) is 0 Å². The fourth-order valence-corrected chi connectivity index (χ4v) is 7.54. The number of nitrogens with zero attached hydrogens (tertiary/aromatic N) is 1. The van der Waals surface area contributed by atoms with Crippen LogP contribution in [0.5, 0.6) is 0 Å². The van der Waals surface area contributed by atoms with E-state index in [-0.39, 0.29) is 0 Å². The van der Waals surface area contributed by atoms with E-state index in [0.717, 1.165) is 4.31 Å². The Hall–Kier alpha value is -1.42. The summed E-state index contributed by atoms with van der Waals surface area (Å²) in [6.45, 7) is 0. The highest BCUT2D eigenvalue weighted by atomic mass is 32.2. The molecule has 2 aromatic carbocycles. The number of sulfonamides is 1. The Morgan fingerprint density at radius 1 is 0.857 bits per heavy atom. The van der Waals surface area contributed by atoms with E-state index in [2.05, 4.69) is 0 Å².